The molecule has 0 saturated heterocycles. The number of hydrogen-bond acceptors (Lipinski definition) is 2. The second-order valence-corrected chi connectivity index (χ2v) is 6.73. The number of rotatable bonds is 7. The van der Waals surface area contributed by atoms with E-state index in [4.69, 9.17) is 4.74 Å². The Kier molecular flexibility index (Phi) is 5.46. The molecule has 1 aliphatic carbocycles. The van der Waals surface area contributed by atoms with Crippen molar-refractivity contribution < 1.29 is 4.74 Å². The summed E-state index contributed by atoms with van der Waals surface area (Å²) in [6.07, 6.45) is 2.46. The van der Waals surface area contributed by atoms with Gasteiger partial charge in [0.05, 0.1) is 12.0 Å². The van der Waals surface area contributed by atoms with Crippen LogP contribution in [0.25, 0.3) is 5.57 Å². The molecule has 0 spiro atoms. The molecule has 0 saturated carbocycles. The second-order valence-electron chi connectivity index (χ2n) is 6.73. The monoisotopic (exact) mass is 301 g/mol. The van der Waals surface area contributed by atoms with E-state index < -0.39 is 0 Å². The van der Waals surface area contributed by atoms with Crippen molar-refractivity contribution in [2.45, 2.75) is 52.9 Å². The topological polar surface area (TPSA) is 21.3 Å². The largest absolute Gasteiger partial charge is 0.383 e. The zero-order chi connectivity index (χ0) is 16.3. The molecule has 1 unspecified atom stereocenters. The first-order chi connectivity index (χ1) is 10.5. The highest BCUT2D eigenvalue weighted by Crippen LogP contribution is 2.47. The van der Waals surface area contributed by atoms with Gasteiger partial charge in [-0.25, -0.2) is 0 Å². The molecule has 1 N–H and O–H groups in total. The van der Waals surface area contributed by atoms with Crippen molar-refractivity contribution >= 4 is 5.57 Å². The second kappa shape index (κ2) is 6.97. The van der Waals surface area contributed by atoms with Gasteiger partial charge < -0.3 is 10.1 Å². The van der Waals surface area contributed by atoms with Crippen LogP contribution in [0.5, 0.6) is 0 Å². The number of fused-ring (bicyclic) bond motifs is 1. The van der Waals surface area contributed by atoms with Crippen molar-refractivity contribution in [2.75, 3.05) is 26.8 Å². The van der Waals surface area contributed by atoms with Crippen molar-refractivity contribution in [1.29, 1.82) is 0 Å². The minimum Gasteiger partial charge on any atom is -0.383 e. The SMILES string of the molecule is CCCCNCC1(COC)C(C)=C(C)c2c1ccc(C)c2C. The molecule has 1 aliphatic rings. The summed E-state index contributed by atoms with van der Waals surface area (Å²) in [6, 6.07) is 4.58. The fraction of sp³-hybridized carbons (Fsp3) is 0.600. The highest BCUT2D eigenvalue weighted by Gasteiger charge is 2.42. The Morgan fingerprint density at radius 1 is 1.14 bits per heavy atom. The van der Waals surface area contributed by atoms with Gasteiger partial charge >= 0.3 is 0 Å². The van der Waals surface area contributed by atoms with Gasteiger partial charge in [0.15, 0.2) is 0 Å². The minimum absolute atomic E-state index is 0.0135. The van der Waals surface area contributed by atoms with Crippen LogP contribution in [0, 0.1) is 13.8 Å². The van der Waals surface area contributed by atoms with Gasteiger partial charge in [-0.15, -0.1) is 0 Å². The molecule has 2 rings (SSSR count). The van der Waals surface area contributed by atoms with E-state index in [0.717, 1.165) is 19.7 Å². The average molecular weight is 301 g/mol. The van der Waals surface area contributed by atoms with Gasteiger partial charge in [0.2, 0.25) is 0 Å². The van der Waals surface area contributed by atoms with Gasteiger partial charge in [0.25, 0.3) is 0 Å². The van der Waals surface area contributed by atoms with E-state index in [0.29, 0.717) is 0 Å². The van der Waals surface area contributed by atoms with Crippen molar-refractivity contribution in [3.63, 3.8) is 0 Å². The molecular weight excluding hydrogens is 270 g/mol. The molecule has 1 aromatic rings. The first-order valence-corrected chi connectivity index (χ1v) is 8.48. The van der Waals surface area contributed by atoms with Crippen LogP contribution in [-0.2, 0) is 10.2 Å². The highest BCUT2D eigenvalue weighted by molar-refractivity contribution is 5.81. The highest BCUT2D eigenvalue weighted by atomic mass is 16.5. The summed E-state index contributed by atoms with van der Waals surface area (Å²) < 4.78 is 5.66. The molecule has 2 nitrogen and oxygen atoms in total. The maximum Gasteiger partial charge on any atom is 0.0609 e. The summed E-state index contributed by atoms with van der Waals surface area (Å²) in [5.41, 5.74) is 8.57. The molecule has 0 amide bonds. The van der Waals surface area contributed by atoms with E-state index in [9.17, 15) is 0 Å². The van der Waals surface area contributed by atoms with Crippen LogP contribution in [-0.4, -0.2) is 26.8 Å². The Hall–Kier alpha value is -1.12. The van der Waals surface area contributed by atoms with Crippen molar-refractivity contribution in [3.8, 4) is 0 Å². The third kappa shape index (κ3) is 2.75. The number of allylic oxidation sites excluding steroid dienone is 1. The average Bonchev–Trinajstić information content (AvgIpc) is 2.71. The lowest BCUT2D eigenvalue weighted by molar-refractivity contribution is 0.146. The van der Waals surface area contributed by atoms with Crippen LogP contribution < -0.4 is 5.32 Å². The predicted octanol–water partition coefficient (Wildman–Crippen LogP) is 4.38. The molecule has 1 aromatic carbocycles. The fourth-order valence-corrected chi connectivity index (χ4v) is 3.76. The first kappa shape index (κ1) is 17.2. The van der Waals surface area contributed by atoms with E-state index in [1.165, 1.54) is 46.2 Å². The number of unbranched alkanes of at least 4 members (excludes halogenated alkanes) is 1. The lowest BCUT2D eigenvalue weighted by Crippen LogP contribution is -2.42. The van der Waals surface area contributed by atoms with Gasteiger partial charge in [-0.1, -0.05) is 31.1 Å². The van der Waals surface area contributed by atoms with E-state index in [2.05, 4.69) is 52.1 Å². The van der Waals surface area contributed by atoms with Crippen LogP contribution in [0.15, 0.2) is 17.7 Å². The van der Waals surface area contributed by atoms with E-state index >= 15 is 0 Å². The summed E-state index contributed by atoms with van der Waals surface area (Å²) >= 11 is 0. The van der Waals surface area contributed by atoms with Crippen molar-refractivity contribution in [2.24, 2.45) is 0 Å². The molecule has 2 heteroatoms. The molecule has 0 fully saturated rings. The number of hydrogen-bond donors (Lipinski definition) is 1. The molecule has 0 aliphatic heterocycles. The maximum absolute atomic E-state index is 5.66. The smallest absolute Gasteiger partial charge is 0.0609 e. The molecule has 0 bridgehead atoms. The standard InChI is InChI=1S/C20H31NO/c1-7-8-11-21-12-20(13-22-6)17(5)16(4)19-15(3)14(2)9-10-18(19)20/h9-10,21H,7-8,11-13H2,1-6H3. The van der Waals surface area contributed by atoms with Gasteiger partial charge in [0, 0.05) is 13.7 Å². The van der Waals surface area contributed by atoms with Gasteiger partial charge in [-0.05, 0) is 68.5 Å². The van der Waals surface area contributed by atoms with Gasteiger partial charge in [-0.3, -0.25) is 0 Å². The zero-order valence-electron chi connectivity index (χ0n) is 15.1. The molecule has 0 radical (unpaired) electrons. The van der Waals surface area contributed by atoms with Gasteiger partial charge in [0.1, 0.15) is 0 Å². The minimum atomic E-state index is -0.0135. The lowest BCUT2D eigenvalue weighted by atomic mass is 9.77. The molecule has 122 valence electrons. The van der Waals surface area contributed by atoms with Crippen molar-refractivity contribution in [1.82, 2.24) is 5.32 Å². The normalized spacial score (nSPS) is 20.6. The lowest BCUT2D eigenvalue weighted by Gasteiger charge is -2.33. The molecule has 1 atom stereocenters. The first-order valence-electron chi connectivity index (χ1n) is 8.48. The van der Waals surface area contributed by atoms with Crippen LogP contribution in [0.4, 0.5) is 0 Å². The summed E-state index contributed by atoms with van der Waals surface area (Å²) in [6.45, 7) is 14.0. The Balaban J connectivity index is 2.45. The summed E-state index contributed by atoms with van der Waals surface area (Å²) in [7, 11) is 1.81. The number of ether oxygens (including phenoxy) is 1. The van der Waals surface area contributed by atoms with E-state index in [-0.39, 0.29) is 5.41 Å². The Morgan fingerprint density at radius 2 is 1.86 bits per heavy atom. The third-order valence-electron chi connectivity index (χ3n) is 5.43. The maximum atomic E-state index is 5.66. The number of benzene rings is 1. The van der Waals surface area contributed by atoms with Crippen LogP contribution >= 0.6 is 0 Å². The Morgan fingerprint density at radius 3 is 2.50 bits per heavy atom. The summed E-state index contributed by atoms with van der Waals surface area (Å²) in [5.74, 6) is 0. The van der Waals surface area contributed by atoms with Crippen LogP contribution in [0.3, 0.4) is 0 Å². The fourth-order valence-electron chi connectivity index (χ4n) is 3.76. The quantitative estimate of drug-likeness (QED) is 0.754. The van der Waals surface area contributed by atoms with E-state index in [1.54, 1.807) is 0 Å². The van der Waals surface area contributed by atoms with Gasteiger partial charge in [-0.2, -0.15) is 0 Å². The van der Waals surface area contributed by atoms with Crippen molar-refractivity contribution in [3.05, 3.63) is 40.0 Å². The number of methoxy groups -OCH3 is 1. The Bertz CT molecular complexity index is 573. The van der Waals surface area contributed by atoms with Crippen LogP contribution in [0.2, 0.25) is 0 Å². The molecule has 0 heterocycles. The zero-order valence-corrected chi connectivity index (χ0v) is 15.1. The molecular formula is C20H31NO. The summed E-state index contributed by atoms with van der Waals surface area (Å²) in [4.78, 5) is 0. The third-order valence-corrected chi connectivity index (χ3v) is 5.43. The van der Waals surface area contributed by atoms with Crippen LogP contribution in [0.1, 0.15) is 55.9 Å². The van der Waals surface area contributed by atoms with E-state index in [1.807, 2.05) is 7.11 Å². The predicted molar refractivity (Wildman–Crippen MR) is 95.5 cm³/mol. The number of nitrogens with one attached hydrogen (secondary N) is 1. The molecule has 22 heavy (non-hydrogen) atoms. The number of aryl methyl sites for hydroxylation is 1. The summed E-state index contributed by atoms with van der Waals surface area (Å²) in [5, 5.41) is 3.67. The Labute approximate surface area is 136 Å². The molecule has 0 aromatic heterocycles.